The third kappa shape index (κ3) is 5.15. The average molecular weight is 139 g/mol. The van der Waals surface area contributed by atoms with E-state index in [-0.39, 0.29) is 0 Å². The Hall–Kier alpha value is -0.990. The first-order chi connectivity index (χ1) is 4.81. The Morgan fingerprint density at radius 3 is 2.40 bits per heavy atom. The molecule has 0 saturated carbocycles. The van der Waals surface area contributed by atoms with Crippen molar-refractivity contribution >= 4 is 18.1 Å². The van der Waals surface area contributed by atoms with Gasteiger partial charge in [-0.05, 0) is 31.9 Å². The Bertz CT molecular complexity index is 129. The van der Waals surface area contributed by atoms with Gasteiger partial charge in [-0.2, -0.15) is 0 Å². The first-order valence-electron chi connectivity index (χ1n) is 3.38. The summed E-state index contributed by atoms with van der Waals surface area (Å²) in [5.41, 5.74) is 0.380. The molecule has 0 saturated heterocycles. The molecule has 0 aliphatic heterocycles. The van der Waals surface area contributed by atoms with Crippen LogP contribution in [0.25, 0.3) is 0 Å². The summed E-state index contributed by atoms with van der Waals surface area (Å²) < 4.78 is 0. The van der Waals surface area contributed by atoms with Gasteiger partial charge in [-0.15, -0.1) is 0 Å². The van der Waals surface area contributed by atoms with Crippen molar-refractivity contribution in [3.05, 3.63) is 0 Å². The summed E-state index contributed by atoms with van der Waals surface area (Å²) in [6.07, 6.45) is 5.81. The van der Waals surface area contributed by atoms with Crippen molar-refractivity contribution in [1.29, 1.82) is 16.2 Å². The van der Waals surface area contributed by atoms with Crippen molar-refractivity contribution in [3.8, 4) is 0 Å². The minimum Gasteiger partial charge on any atom is -0.313 e. The molecule has 0 aliphatic carbocycles. The third-order valence-electron chi connectivity index (χ3n) is 1.22. The van der Waals surface area contributed by atoms with Crippen LogP contribution in [0.2, 0.25) is 0 Å². The predicted octanol–water partition coefficient (Wildman–Crippen LogP) is 1.87. The van der Waals surface area contributed by atoms with Gasteiger partial charge in [-0.3, -0.25) is 0 Å². The normalized spacial score (nSPS) is 8.80. The predicted molar refractivity (Wildman–Crippen MR) is 43.8 cm³/mol. The smallest absolute Gasteiger partial charge is 0.0489 e. The van der Waals surface area contributed by atoms with Crippen LogP contribution in [-0.4, -0.2) is 18.1 Å². The van der Waals surface area contributed by atoms with E-state index in [1.54, 1.807) is 0 Å². The molecule has 0 amide bonds. The molecule has 3 heteroatoms. The van der Waals surface area contributed by atoms with Gasteiger partial charge in [0.2, 0.25) is 0 Å². The number of unbranched alkanes of at least 4 members (excludes halogenated alkanes) is 2. The summed E-state index contributed by atoms with van der Waals surface area (Å²) in [4.78, 5) is 0. The molecule has 3 nitrogen and oxygen atoms in total. The first kappa shape index (κ1) is 9.01. The van der Waals surface area contributed by atoms with Gasteiger partial charge < -0.3 is 16.2 Å². The van der Waals surface area contributed by atoms with Gasteiger partial charge in [0.1, 0.15) is 0 Å². The van der Waals surface area contributed by atoms with Crippen molar-refractivity contribution in [2.75, 3.05) is 0 Å². The highest BCUT2D eigenvalue weighted by molar-refractivity contribution is 6.27. The number of hydrogen-bond acceptors (Lipinski definition) is 3. The Balaban J connectivity index is 3.11. The highest BCUT2D eigenvalue weighted by Gasteiger charge is 1.90. The molecule has 0 aromatic heterocycles. The Morgan fingerprint density at radius 2 is 1.90 bits per heavy atom. The van der Waals surface area contributed by atoms with Gasteiger partial charge >= 0.3 is 0 Å². The van der Waals surface area contributed by atoms with Crippen molar-refractivity contribution in [1.82, 2.24) is 0 Å². The fourth-order valence-electron chi connectivity index (χ4n) is 0.634. The monoisotopic (exact) mass is 139 g/mol. The van der Waals surface area contributed by atoms with E-state index in [9.17, 15) is 0 Å². The maximum atomic E-state index is 7.07. The lowest BCUT2D eigenvalue weighted by Gasteiger charge is -1.94. The Labute approximate surface area is 61.0 Å². The quantitative estimate of drug-likeness (QED) is 0.371. The molecule has 0 spiro atoms. The minimum absolute atomic E-state index is 0.380. The highest BCUT2D eigenvalue weighted by Crippen LogP contribution is 1.97. The van der Waals surface area contributed by atoms with E-state index in [0.717, 1.165) is 25.5 Å². The second-order valence-corrected chi connectivity index (χ2v) is 2.12. The molecule has 0 fully saturated rings. The summed E-state index contributed by atoms with van der Waals surface area (Å²) in [7, 11) is 0. The zero-order valence-electron chi connectivity index (χ0n) is 5.98. The molecule has 0 heterocycles. The summed E-state index contributed by atoms with van der Waals surface area (Å²) >= 11 is 0. The third-order valence-corrected chi connectivity index (χ3v) is 1.22. The molecule has 3 N–H and O–H groups in total. The number of hydrogen-bond donors (Lipinski definition) is 3. The zero-order chi connectivity index (χ0) is 7.82. The second-order valence-electron chi connectivity index (χ2n) is 2.12. The molecule has 0 radical (unpaired) electrons. The molecule has 0 aliphatic rings. The zero-order valence-corrected chi connectivity index (χ0v) is 5.98. The van der Waals surface area contributed by atoms with Crippen molar-refractivity contribution in [3.63, 3.8) is 0 Å². The standard InChI is InChI=1S/C7H13N3/c8-5-3-1-2-4-7(10)6-9/h5-6,8-10H,1-4H2. The number of nitrogens with one attached hydrogen (secondary N) is 3. The first-order valence-corrected chi connectivity index (χ1v) is 3.38. The molecule has 0 atom stereocenters. The van der Waals surface area contributed by atoms with E-state index in [1.807, 2.05) is 0 Å². The van der Waals surface area contributed by atoms with E-state index < -0.39 is 0 Å². The highest BCUT2D eigenvalue weighted by atomic mass is 14.4. The van der Waals surface area contributed by atoms with Crippen LogP contribution in [0.3, 0.4) is 0 Å². The SMILES string of the molecule is N=CCCCCC(=N)C=N. The van der Waals surface area contributed by atoms with Gasteiger partial charge in [0.25, 0.3) is 0 Å². The molecule has 0 unspecified atom stereocenters. The molecular formula is C7H13N3. The lowest BCUT2D eigenvalue weighted by Crippen LogP contribution is -1.95. The summed E-state index contributed by atoms with van der Waals surface area (Å²) in [6.45, 7) is 0. The van der Waals surface area contributed by atoms with Crippen LogP contribution in [0.1, 0.15) is 25.7 Å². The van der Waals surface area contributed by atoms with Gasteiger partial charge in [0.05, 0.1) is 0 Å². The molecule has 0 rings (SSSR count). The average Bonchev–Trinajstić information content (AvgIpc) is 1.98. The van der Waals surface area contributed by atoms with E-state index in [0.29, 0.717) is 12.1 Å². The maximum Gasteiger partial charge on any atom is 0.0489 e. The van der Waals surface area contributed by atoms with Crippen LogP contribution in [0.4, 0.5) is 0 Å². The van der Waals surface area contributed by atoms with E-state index in [2.05, 4.69) is 0 Å². The van der Waals surface area contributed by atoms with Crippen LogP contribution in [0, 0.1) is 16.2 Å². The van der Waals surface area contributed by atoms with Gasteiger partial charge in [-0.25, -0.2) is 0 Å². The van der Waals surface area contributed by atoms with Crippen molar-refractivity contribution in [2.45, 2.75) is 25.7 Å². The van der Waals surface area contributed by atoms with Gasteiger partial charge in [-0.1, -0.05) is 0 Å². The van der Waals surface area contributed by atoms with Crippen LogP contribution in [0.15, 0.2) is 0 Å². The second kappa shape index (κ2) is 6.13. The molecule has 0 bridgehead atoms. The van der Waals surface area contributed by atoms with E-state index >= 15 is 0 Å². The molecule has 56 valence electrons. The summed E-state index contributed by atoms with van der Waals surface area (Å²) in [6, 6.07) is 0. The topological polar surface area (TPSA) is 71.6 Å². The molecular weight excluding hydrogens is 126 g/mol. The van der Waals surface area contributed by atoms with E-state index in [1.165, 1.54) is 6.21 Å². The fraction of sp³-hybridized carbons (Fsp3) is 0.571. The van der Waals surface area contributed by atoms with Crippen LogP contribution < -0.4 is 0 Å². The fourth-order valence-corrected chi connectivity index (χ4v) is 0.634. The Kier molecular flexibility index (Phi) is 5.53. The molecule has 0 aromatic rings. The van der Waals surface area contributed by atoms with E-state index in [4.69, 9.17) is 16.2 Å². The minimum atomic E-state index is 0.380. The maximum absolute atomic E-state index is 7.07. The number of rotatable bonds is 6. The van der Waals surface area contributed by atoms with Gasteiger partial charge in [0.15, 0.2) is 0 Å². The van der Waals surface area contributed by atoms with Gasteiger partial charge in [0, 0.05) is 11.9 Å². The lowest BCUT2D eigenvalue weighted by molar-refractivity contribution is 0.800. The molecule has 10 heavy (non-hydrogen) atoms. The lowest BCUT2D eigenvalue weighted by atomic mass is 10.1. The largest absolute Gasteiger partial charge is 0.313 e. The van der Waals surface area contributed by atoms with Crippen LogP contribution in [0.5, 0.6) is 0 Å². The van der Waals surface area contributed by atoms with Crippen LogP contribution >= 0.6 is 0 Å². The summed E-state index contributed by atoms with van der Waals surface area (Å²) in [5.74, 6) is 0. The van der Waals surface area contributed by atoms with Crippen LogP contribution in [-0.2, 0) is 0 Å². The summed E-state index contributed by atoms with van der Waals surface area (Å²) in [5, 5.41) is 20.5. The Morgan fingerprint density at radius 1 is 1.20 bits per heavy atom. The van der Waals surface area contributed by atoms with Crippen molar-refractivity contribution in [2.24, 2.45) is 0 Å². The van der Waals surface area contributed by atoms with Crippen molar-refractivity contribution < 1.29 is 0 Å². The molecule has 0 aromatic carbocycles.